The number of rotatable bonds is 3. The van der Waals surface area contributed by atoms with Crippen LogP contribution in [0.1, 0.15) is 11.1 Å². The smallest absolute Gasteiger partial charge is 0.142 e. The van der Waals surface area contributed by atoms with E-state index in [0.29, 0.717) is 22.6 Å². The number of methoxy groups -OCH3 is 1. The number of anilines is 1. The van der Waals surface area contributed by atoms with Crippen molar-refractivity contribution < 1.29 is 9.13 Å². The van der Waals surface area contributed by atoms with Gasteiger partial charge in [0, 0.05) is 11.1 Å². The molecule has 3 aromatic rings. The van der Waals surface area contributed by atoms with Gasteiger partial charge in [-0.1, -0.05) is 12.1 Å². The zero-order valence-corrected chi connectivity index (χ0v) is 13.9. The van der Waals surface area contributed by atoms with E-state index >= 15 is 0 Å². The van der Waals surface area contributed by atoms with E-state index in [9.17, 15) is 9.65 Å². The number of nitrogens with two attached hydrogens (primary N) is 1. The van der Waals surface area contributed by atoms with Crippen LogP contribution >= 0.6 is 0 Å². The molecule has 2 aromatic carbocycles. The van der Waals surface area contributed by atoms with E-state index in [1.165, 1.54) is 12.1 Å². The Hall–Kier alpha value is -3.39. The van der Waals surface area contributed by atoms with E-state index in [0.717, 1.165) is 16.7 Å². The van der Waals surface area contributed by atoms with Crippen molar-refractivity contribution in [3.05, 3.63) is 65.5 Å². The first-order chi connectivity index (χ1) is 12.0. The number of nitrogen functional groups attached to an aromatic ring is 1. The Morgan fingerprint density at radius 2 is 1.84 bits per heavy atom. The van der Waals surface area contributed by atoms with Crippen LogP contribution in [0.25, 0.3) is 22.4 Å². The summed E-state index contributed by atoms with van der Waals surface area (Å²) in [4.78, 5) is 4.37. The number of ether oxygens (including phenoxy) is 1. The maximum absolute atomic E-state index is 13.2. The minimum atomic E-state index is -0.323. The fraction of sp³-hybridized carbons (Fsp3) is 0.100. The van der Waals surface area contributed by atoms with Gasteiger partial charge in [-0.3, -0.25) is 0 Å². The van der Waals surface area contributed by atoms with Crippen molar-refractivity contribution in [2.24, 2.45) is 0 Å². The highest BCUT2D eigenvalue weighted by Crippen LogP contribution is 2.36. The Labute approximate surface area is 145 Å². The molecule has 5 heteroatoms. The Bertz CT molecular complexity index is 975. The normalized spacial score (nSPS) is 10.3. The minimum Gasteiger partial charge on any atom is -0.497 e. The fourth-order valence-electron chi connectivity index (χ4n) is 2.84. The van der Waals surface area contributed by atoms with Gasteiger partial charge in [0.25, 0.3) is 0 Å². The van der Waals surface area contributed by atoms with Crippen LogP contribution < -0.4 is 10.5 Å². The maximum Gasteiger partial charge on any atom is 0.142 e. The zero-order valence-electron chi connectivity index (χ0n) is 13.9. The number of benzene rings is 2. The molecule has 0 bridgehead atoms. The summed E-state index contributed by atoms with van der Waals surface area (Å²) in [7, 11) is 1.59. The van der Waals surface area contributed by atoms with Crippen molar-refractivity contribution in [2.75, 3.05) is 12.8 Å². The lowest BCUT2D eigenvalue weighted by molar-refractivity contribution is 0.415. The predicted molar refractivity (Wildman–Crippen MR) is 95.5 cm³/mol. The van der Waals surface area contributed by atoms with Gasteiger partial charge in [-0.25, -0.2) is 9.37 Å². The standard InChI is InChI=1S/C20H16FN3O/c1-12-18(14-4-3-5-16(10-14)25-2)17(11-22)20(23)24-19(12)13-6-8-15(21)9-7-13/h3-10H,1-2H3,(H2,23,24). The minimum absolute atomic E-state index is 0.144. The number of nitriles is 1. The third-order valence-electron chi connectivity index (χ3n) is 4.06. The molecule has 0 atom stereocenters. The molecule has 0 radical (unpaired) electrons. The molecule has 0 spiro atoms. The van der Waals surface area contributed by atoms with Crippen LogP contribution in [0.3, 0.4) is 0 Å². The molecule has 0 aliphatic rings. The molecule has 0 saturated carbocycles. The molecule has 0 aliphatic heterocycles. The van der Waals surface area contributed by atoms with Gasteiger partial charge in [-0.2, -0.15) is 5.26 Å². The second kappa shape index (κ2) is 6.62. The summed E-state index contributed by atoms with van der Waals surface area (Å²) in [5.74, 6) is 0.501. The zero-order chi connectivity index (χ0) is 18.0. The van der Waals surface area contributed by atoms with Gasteiger partial charge in [0.2, 0.25) is 0 Å². The van der Waals surface area contributed by atoms with Crippen molar-refractivity contribution in [1.82, 2.24) is 4.98 Å². The first-order valence-corrected chi connectivity index (χ1v) is 7.65. The quantitative estimate of drug-likeness (QED) is 0.774. The Balaban J connectivity index is 2.30. The van der Waals surface area contributed by atoms with Gasteiger partial charge >= 0.3 is 0 Å². The lowest BCUT2D eigenvalue weighted by atomic mass is 9.92. The van der Waals surface area contributed by atoms with Crippen LogP contribution in [-0.4, -0.2) is 12.1 Å². The Morgan fingerprint density at radius 3 is 2.48 bits per heavy atom. The SMILES string of the molecule is COc1cccc(-c2c(C)c(-c3ccc(F)cc3)nc(N)c2C#N)c1. The van der Waals surface area contributed by atoms with Gasteiger partial charge in [-0.05, 0) is 54.4 Å². The number of halogens is 1. The van der Waals surface area contributed by atoms with E-state index < -0.39 is 0 Å². The molecular formula is C20H16FN3O. The highest BCUT2D eigenvalue weighted by Gasteiger charge is 2.18. The third kappa shape index (κ3) is 3.02. The third-order valence-corrected chi connectivity index (χ3v) is 4.06. The first kappa shape index (κ1) is 16.5. The van der Waals surface area contributed by atoms with Crippen molar-refractivity contribution in [2.45, 2.75) is 6.92 Å². The molecule has 2 N–H and O–H groups in total. The van der Waals surface area contributed by atoms with Crippen molar-refractivity contribution in [3.63, 3.8) is 0 Å². The van der Waals surface area contributed by atoms with Crippen molar-refractivity contribution in [3.8, 4) is 34.2 Å². The number of nitrogens with zero attached hydrogens (tertiary/aromatic N) is 2. The maximum atomic E-state index is 13.2. The molecule has 0 unspecified atom stereocenters. The summed E-state index contributed by atoms with van der Waals surface area (Å²) in [6, 6.07) is 15.6. The van der Waals surface area contributed by atoms with Gasteiger partial charge in [0.1, 0.15) is 29.0 Å². The molecule has 124 valence electrons. The van der Waals surface area contributed by atoms with Crippen LogP contribution in [0, 0.1) is 24.1 Å². The Morgan fingerprint density at radius 1 is 1.12 bits per heavy atom. The lowest BCUT2D eigenvalue weighted by Gasteiger charge is -2.15. The first-order valence-electron chi connectivity index (χ1n) is 7.65. The molecule has 0 fully saturated rings. The van der Waals surface area contributed by atoms with Crippen LogP contribution in [0.4, 0.5) is 10.2 Å². The highest BCUT2D eigenvalue weighted by atomic mass is 19.1. The van der Waals surface area contributed by atoms with Gasteiger partial charge in [-0.15, -0.1) is 0 Å². The van der Waals surface area contributed by atoms with Crippen LogP contribution in [-0.2, 0) is 0 Å². The molecule has 0 saturated heterocycles. The molecule has 3 rings (SSSR count). The fourth-order valence-corrected chi connectivity index (χ4v) is 2.84. The van der Waals surface area contributed by atoms with E-state index in [4.69, 9.17) is 10.5 Å². The van der Waals surface area contributed by atoms with E-state index in [1.54, 1.807) is 19.2 Å². The van der Waals surface area contributed by atoms with E-state index in [2.05, 4.69) is 11.1 Å². The summed E-state index contributed by atoms with van der Waals surface area (Å²) in [6.07, 6.45) is 0. The predicted octanol–water partition coefficient (Wildman–Crippen LogP) is 4.33. The molecule has 0 aliphatic carbocycles. The lowest BCUT2D eigenvalue weighted by Crippen LogP contribution is -2.03. The summed E-state index contributed by atoms with van der Waals surface area (Å²) in [6.45, 7) is 1.88. The van der Waals surface area contributed by atoms with Crippen molar-refractivity contribution in [1.29, 1.82) is 5.26 Å². The second-order valence-electron chi connectivity index (χ2n) is 5.57. The topological polar surface area (TPSA) is 71.9 Å². The molecule has 1 aromatic heterocycles. The number of aromatic nitrogens is 1. The Kier molecular flexibility index (Phi) is 4.36. The van der Waals surface area contributed by atoms with E-state index in [1.807, 2.05) is 31.2 Å². The highest BCUT2D eigenvalue weighted by molar-refractivity contribution is 5.84. The summed E-state index contributed by atoms with van der Waals surface area (Å²) in [5.41, 5.74) is 10.0. The monoisotopic (exact) mass is 333 g/mol. The van der Waals surface area contributed by atoms with Crippen LogP contribution in [0.5, 0.6) is 5.75 Å². The van der Waals surface area contributed by atoms with E-state index in [-0.39, 0.29) is 11.6 Å². The molecular weight excluding hydrogens is 317 g/mol. The average Bonchev–Trinajstić information content (AvgIpc) is 2.63. The summed E-state index contributed by atoms with van der Waals surface area (Å²) >= 11 is 0. The summed E-state index contributed by atoms with van der Waals surface area (Å²) in [5, 5.41) is 9.56. The molecule has 25 heavy (non-hydrogen) atoms. The number of hydrogen-bond acceptors (Lipinski definition) is 4. The molecule has 4 nitrogen and oxygen atoms in total. The van der Waals surface area contributed by atoms with Gasteiger partial charge in [0.05, 0.1) is 12.8 Å². The van der Waals surface area contributed by atoms with Crippen LogP contribution in [0.15, 0.2) is 48.5 Å². The summed E-state index contributed by atoms with van der Waals surface area (Å²) < 4.78 is 18.5. The second-order valence-corrected chi connectivity index (χ2v) is 5.57. The van der Waals surface area contributed by atoms with Crippen molar-refractivity contribution >= 4 is 5.82 Å². The van der Waals surface area contributed by atoms with Gasteiger partial charge in [0.15, 0.2) is 0 Å². The average molecular weight is 333 g/mol. The largest absolute Gasteiger partial charge is 0.497 e. The molecule has 0 amide bonds. The van der Waals surface area contributed by atoms with Gasteiger partial charge < -0.3 is 10.5 Å². The van der Waals surface area contributed by atoms with Crippen LogP contribution in [0.2, 0.25) is 0 Å². The number of hydrogen-bond donors (Lipinski definition) is 1. The molecule has 1 heterocycles. The number of pyridine rings is 1.